The molecule has 1 aliphatic rings. The van der Waals surface area contributed by atoms with E-state index in [0.717, 1.165) is 12.8 Å². The van der Waals surface area contributed by atoms with Crippen LogP contribution in [-0.2, 0) is 4.79 Å². The zero-order valence-corrected chi connectivity index (χ0v) is 14.5. The van der Waals surface area contributed by atoms with E-state index in [-0.39, 0.29) is 11.8 Å². The Morgan fingerprint density at radius 1 is 1.08 bits per heavy atom. The summed E-state index contributed by atoms with van der Waals surface area (Å²) < 4.78 is 5.18. The Bertz CT molecular complexity index is 537. The molecule has 1 fully saturated rings. The van der Waals surface area contributed by atoms with Gasteiger partial charge in [-0.1, -0.05) is 44.2 Å². The van der Waals surface area contributed by atoms with Crippen molar-refractivity contribution in [3.05, 3.63) is 29.8 Å². The van der Waals surface area contributed by atoms with Crippen LogP contribution < -0.4 is 15.4 Å². The molecule has 0 aliphatic heterocycles. The Kier molecular flexibility index (Phi) is 7.59. The van der Waals surface area contributed by atoms with Gasteiger partial charge in [-0.2, -0.15) is 0 Å². The summed E-state index contributed by atoms with van der Waals surface area (Å²) >= 11 is 0. The summed E-state index contributed by atoms with van der Waals surface area (Å²) in [7, 11) is 1.54. The molecule has 5 nitrogen and oxygen atoms in total. The third kappa shape index (κ3) is 5.87. The summed E-state index contributed by atoms with van der Waals surface area (Å²) in [6, 6.07) is 7.36. The van der Waals surface area contributed by atoms with E-state index in [1.54, 1.807) is 18.2 Å². The van der Waals surface area contributed by atoms with Crippen LogP contribution in [0.3, 0.4) is 0 Å². The summed E-state index contributed by atoms with van der Waals surface area (Å²) in [5.41, 5.74) is 0.487. The fourth-order valence-electron chi connectivity index (χ4n) is 3.12. The quantitative estimate of drug-likeness (QED) is 0.841. The smallest absolute Gasteiger partial charge is 0.255 e. The van der Waals surface area contributed by atoms with Crippen LogP contribution in [0.5, 0.6) is 5.75 Å². The SMILES string of the molecule is COc1ccccc1C(=O)NCCC(=O)NC1CCCCCCC1. The second-order valence-corrected chi connectivity index (χ2v) is 6.32. The lowest BCUT2D eigenvalue weighted by molar-refractivity contribution is -0.121. The minimum absolute atomic E-state index is 0.0147. The van der Waals surface area contributed by atoms with Gasteiger partial charge in [0.15, 0.2) is 0 Å². The lowest BCUT2D eigenvalue weighted by atomic mass is 9.96. The molecule has 0 spiro atoms. The minimum atomic E-state index is -0.216. The first-order valence-corrected chi connectivity index (χ1v) is 8.91. The number of benzene rings is 1. The lowest BCUT2D eigenvalue weighted by Gasteiger charge is -2.21. The highest BCUT2D eigenvalue weighted by atomic mass is 16.5. The van der Waals surface area contributed by atoms with Crippen LogP contribution in [0.25, 0.3) is 0 Å². The van der Waals surface area contributed by atoms with E-state index in [1.165, 1.54) is 39.2 Å². The van der Waals surface area contributed by atoms with Crippen molar-refractivity contribution in [2.75, 3.05) is 13.7 Å². The van der Waals surface area contributed by atoms with E-state index < -0.39 is 0 Å². The van der Waals surface area contributed by atoms with E-state index in [0.29, 0.717) is 30.3 Å². The topological polar surface area (TPSA) is 67.4 Å². The number of hydrogen-bond acceptors (Lipinski definition) is 3. The first-order valence-electron chi connectivity index (χ1n) is 8.91. The van der Waals surface area contributed by atoms with Gasteiger partial charge in [0.05, 0.1) is 12.7 Å². The van der Waals surface area contributed by atoms with Crippen LogP contribution in [0.2, 0.25) is 0 Å². The highest BCUT2D eigenvalue weighted by molar-refractivity contribution is 5.97. The molecule has 2 rings (SSSR count). The van der Waals surface area contributed by atoms with E-state index in [1.807, 2.05) is 6.07 Å². The van der Waals surface area contributed by atoms with Crippen LogP contribution in [-0.4, -0.2) is 31.5 Å². The molecule has 2 N–H and O–H groups in total. The van der Waals surface area contributed by atoms with E-state index >= 15 is 0 Å². The van der Waals surface area contributed by atoms with Crippen LogP contribution in [0.15, 0.2) is 24.3 Å². The highest BCUT2D eigenvalue weighted by Gasteiger charge is 2.15. The van der Waals surface area contributed by atoms with Gasteiger partial charge in [0.2, 0.25) is 5.91 Å². The Labute approximate surface area is 144 Å². The van der Waals surface area contributed by atoms with Crippen molar-refractivity contribution in [1.82, 2.24) is 10.6 Å². The summed E-state index contributed by atoms with van der Waals surface area (Å²) in [6.07, 6.45) is 8.67. The van der Waals surface area contributed by atoms with Crippen LogP contribution in [0, 0.1) is 0 Å². The van der Waals surface area contributed by atoms with Crippen molar-refractivity contribution in [2.45, 2.75) is 57.4 Å². The number of methoxy groups -OCH3 is 1. The van der Waals surface area contributed by atoms with Gasteiger partial charge in [-0.05, 0) is 25.0 Å². The molecule has 5 heteroatoms. The monoisotopic (exact) mass is 332 g/mol. The molecule has 24 heavy (non-hydrogen) atoms. The minimum Gasteiger partial charge on any atom is -0.496 e. The fourth-order valence-corrected chi connectivity index (χ4v) is 3.12. The van der Waals surface area contributed by atoms with Gasteiger partial charge in [0.1, 0.15) is 5.75 Å². The van der Waals surface area contributed by atoms with Crippen LogP contribution in [0.4, 0.5) is 0 Å². The largest absolute Gasteiger partial charge is 0.496 e. The number of amides is 2. The molecular weight excluding hydrogens is 304 g/mol. The van der Waals surface area contributed by atoms with Gasteiger partial charge in [-0.15, -0.1) is 0 Å². The van der Waals surface area contributed by atoms with Gasteiger partial charge < -0.3 is 15.4 Å². The number of carbonyl (C=O) groups excluding carboxylic acids is 2. The molecule has 1 aromatic carbocycles. The Balaban J connectivity index is 1.72. The van der Waals surface area contributed by atoms with Crippen molar-refractivity contribution in [3.63, 3.8) is 0 Å². The number of nitrogens with one attached hydrogen (secondary N) is 2. The van der Waals surface area contributed by atoms with Gasteiger partial charge in [0.25, 0.3) is 5.91 Å². The Hall–Kier alpha value is -2.04. The molecule has 0 atom stereocenters. The number of ether oxygens (including phenoxy) is 1. The van der Waals surface area contributed by atoms with Crippen molar-refractivity contribution in [1.29, 1.82) is 0 Å². The molecule has 0 saturated heterocycles. The number of rotatable bonds is 6. The number of hydrogen-bond donors (Lipinski definition) is 2. The maximum atomic E-state index is 12.2. The van der Waals surface area contributed by atoms with Crippen molar-refractivity contribution >= 4 is 11.8 Å². The molecule has 0 unspecified atom stereocenters. The second-order valence-electron chi connectivity index (χ2n) is 6.32. The van der Waals surface area contributed by atoms with Gasteiger partial charge in [0, 0.05) is 19.0 Å². The molecule has 0 radical (unpaired) electrons. The molecule has 1 aliphatic carbocycles. The first-order chi connectivity index (χ1) is 11.7. The van der Waals surface area contributed by atoms with E-state index in [9.17, 15) is 9.59 Å². The average molecular weight is 332 g/mol. The van der Waals surface area contributed by atoms with E-state index in [2.05, 4.69) is 10.6 Å². The van der Waals surface area contributed by atoms with Crippen molar-refractivity contribution < 1.29 is 14.3 Å². The normalized spacial score (nSPS) is 15.9. The van der Waals surface area contributed by atoms with Gasteiger partial charge >= 0.3 is 0 Å². The fraction of sp³-hybridized carbons (Fsp3) is 0.579. The molecule has 1 saturated carbocycles. The highest BCUT2D eigenvalue weighted by Crippen LogP contribution is 2.18. The van der Waals surface area contributed by atoms with Crippen LogP contribution >= 0.6 is 0 Å². The zero-order valence-electron chi connectivity index (χ0n) is 14.5. The Morgan fingerprint density at radius 2 is 1.75 bits per heavy atom. The molecular formula is C19H28N2O3. The first kappa shape index (κ1) is 18.3. The predicted molar refractivity (Wildman–Crippen MR) is 94.2 cm³/mol. The second kappa shape index (κ2) is 9.96. The molecule has 1 aromatic rings. The van der Waals surface area contributed by atoms with Gasteiger partial charge in [-0.25, -0.2) is 0 Å². The lowest BCUT2D eigenvalue weighted by Crippen LogP contribution is -2.37. The summed E-state index contributed by atoms with van der Waals surface area (Å²) in [6.45, 7) is 0.329. The molecule has 2 amide bonds. The standard InChI is InChI=1S/C19H28N2O3/c1-24-17-12-8-7-11-16(17)19(23)20-14-13-18(22)21-15-9-5-3-2-4-6-10-15/h7-8,11-12,15H,2-6,9-10,13-14H2,1H3,(H,20,23)(H,21,22). The van der Waals surface area contributed by atoms with Gasteiger partial charge in [-0.3, -0.25) is 9.59 Å². The molecule has 132 valence electrons. The zero-order chi connectivity index (χ0) is 17.2. The maximum Gasteiger partial charge on any atom is 0.255 e. The average Bonchev–Trinajstić information content (AvgIpc) is 2.57. The molecule has 0 aromatic heterocycles. The number of carbonyl (C=O) groups is 2. The summed E-state index contributed by atoms with van der Waals surface area (Å²) in [4.78, 5) is 24.2. The van der Waals surface area contributed by atoms with Crippen molar-refractivity contribution in [2.24, 2.45) is 0 Å². The summed E-state index contributed by atoms with van der Waals surface area (Å²) in [5, 5.41) is 5.89. The maximum absolute atomic E-state index is 12.2. The third-order valence-electron chi connectivity index (χ3n) is 4.46. The predicted octanol–water partition coefficient (Wildman–Crippen LogP) is 3.04. The number of para-hydroxylation sites is 1. The van der Waals surface area contributed by atoms with E-state index in [4.69, 9.17) is 4.74 Å². The summed E-state index contributed by atoms with van der Waals surface area (Å²) in [5.74, 6) is 0.334. The van der Waals surface area contributed by atoms with Crippen LogP contribution in [0.1, 0.15) is 61.7 Å². The molecule has 0 bridgehead atoms. The van der Waals surface area contributed by atoms with Crippen molar-refractivity contribution in [3.8, 4) is 5.75 Å². The molecule has 0 heterocycles. The third-order valence-corrected chi connectivity index (χ3v) is 4.46. The Morgan fingerprint density at radius 3 is 2.46 bits per heavy atom.